The Morgan fingerprint density at radius 3 is 2.55 bits per heavy atom. The topological polar surface area (TPSA) is 74.7 Å². The van der Waals surface area contributed by atoms with Crippen LogP contribution in [0.1, 0.15) is 21.5 Å². The lowest BCUT2D eigenvalue weighted by Gasteiger charge is -2.31. The second-order valence-corrected chi connectivity index (χ2v) is 6.87. The van der Waals surface area contributed by atoms with E-state index in [0.29, 0.717) is 36.0 Å². The summed E-state index contributed by atoms with van der Waals surface area (Å²) in [7, 11) is 0. The molecule has 0 atom stereocenters. The summed E-state index contributed by atoms with van der Waals surface area (Å²) in [5.74, 6) is 0.510. The van der Waals surface area contributed by atoms with Crippen molar-refractivity contribution in [3.63, 3.8) is 0 Å². The van der Waals surface area contributed by atoms with Gasteiger partial charge in [-0.3, -0.25) is 4.79 Å². The van der Waals surface area contributed by atoms with Crippen LogP contribution in [0, 0.1) is 0 Å². The molecule has 3 aromatic rings. The van der Waals surface area contributed by atoms with Gasteiger partial charge < -0.3 is 20.1 Å². The number of hydrogen-bond donors (Lipinski definition) is 2. The Kier molecular flexibility index (Phi) is 5.51. The number of pyridine rings is 1. The first kappa shape index (κ1) is 20.7. The Bertz CT molecular complexity index is 1080. The van der Waals surface area contributed by atoms with E-state index in [4.69, 9.17) is 4.74 Å². The zero-order valence-corrected chi connectivity index (χ0v) is 16.2. The molecule has 0 spiro atoms. The molecule has 6 nitrogen and oxygen atoms in total. The van der Waals surface area contributed by atoms with Crippen molar-refractivity contribution < 1.29 is 27.8 Å². The van der Waals surface area contributed by atoms with Gasteiger partial charge in [-0.25, -0.2) is 4.98 Å². The lowest BCUT2D eigenvalue weighted by atomic mass is 10.1. The SMILES string of the molecule is O=C(Nc1ccc(C(F)(F)F)cc1)c1cccc2c1OCCN2c1ccc(CO)cn1. The van der Waals surface area contributed by atoms with Crippen molar-refractivity contribution in [2.45, 2.75) is 12.8 Å². The number of hydrogen-bond acceptors (Lipinski definition) is 5. The van der Waals surface area contributed by atoms with E-state index in [1.54, 1.807) is 36.5 Å². The zero-order valence-electron chi connectivity index (χ0n) is 16.2. The number of aliphatic hydroxyl groups excluding tert-OH is 1. The molecule has 0 radical (unpaired) electrons. The number of fused-ring (bicyclic) bond motifs is 1. The molecule has 2 aromatic carbocycles. The minimum atomic E-state index is -4.44. The van der Waals surface area contributed by atoms with E-state index < -0.39 is 17.6 Å². The van der Waals surface area contributed by atoms with Crippen molar-refractivity contribution >= 4 is 23.1 Å². The number of nitrogens with zero attached hydrogens (tertiary/aromatic N) is 2. The molecule has 160 valence electrons. The average Bonchev–Trinajstić information content (AvgIpc) is 2.78. The predicted octanol–water partition coefficient (Wildman–Crippen LogP) is 4.38. The summed E-state index contributed by atoms with van der Waals surface area (Å²) in [5, 5.41) is 11.8. The maximum atomic E-state index is 12.8. The molecular weight excluding hydrogens is 411 g/mol. The Balaban J connectivity index is 1.59. The molecular formula is C22H18F3N3O3. The van der Waals surface area contributed by atoms with Crippen LogP contribution in [0.5, 0.6) is 5.75 Å². The third-order valence-corrected chi connectivity index (χ3v) is 4.83. The largest absolute Gasteiger partial charge is 0.489 e. The summed E-state index contributed by atoms with van der Waals surface area (Å²) < 4.78 is 43.9. The van der Waals surface area contributed by atoms with Crippen molar-refractivity contribution in [3.05, 3.63) is 77.5 Å². The summed E-state index contributed by atoms with van der Waals surface area (Å²) in [6.45, 7) is 0.727. The quantitative estimate of drug-likeness (QED) is 0.644. The number of ether oxygens (including phenoxy) is 1. The fraction of sp³-hybridized carbons (Fsp3) is 0.182. The van der Waals surface area contributed by atoms with Gasteiger partial charge in [-0.2, -0.15) is 13.2 Å². The van der Waals surface area contributed by atoms with Crippen LogP contribution in [0.4, 0.5) is 30.4 Å². The van der Waals surface area contributed by atoms with Crippen LogP contribution < -0.4 is 15.0 Å². The van der Waals surface area contributed by atoms with Crippen LogP contribution in [0.2, 0.25) is 0 Å². The molecule has 1 amide bonds. The lowest BCUT2D eigenvalue weighted by Crippen LogP contribution is -2.30. The molecule has 1 aliphatic heterocycles. The highest BCUT2D eigenvalue weighted by atomic mass is 19.4. The van der Waals surface area contributed by atoms with E-state index >= 15 is 0 Å². The molecule has 1 aromatic heterocycles. The standard InChI is InChI=1S/C22H18F3N3O3/c23-22(24,25)15-5-7-16(8-6-15)27-21(30)17-2-1-3-18-20(17)31-11-10-28(18)19-9-4-14(13-29)12-26-19/h1-9,12,29H,10-11,13H2,(H,27,30). The van der Waals surface area contributed by atoms with E-state index in [0.717, 1.165) is 12.1 Å². The number of aromatic nitrogens is 1. The first-order chi connectivity index (χ1) is 14.9. The Hall–Kier alpha value is -3.59. The average molecular weight is 429 g/mol. The molecule has 0 saturated carbocycles. The van der Waals surface area contributed by atoms with Crippen LogP contribution in [0.3, 0.4) is 0 Å². The molecule has 9 heteroatoms. The zero-order chi connectivity index (χ0) is 22.0. The number of carbonyl (C=O) groups excluding carboxylic acids is 1. The monoisotopic (exact) mass is 429 g/mol. The van der Waals surface area contributed by atoms with E-state index in [2.05, 4.69) is 10.3 Å². The Morgan fingerprint density at radius 2 is 1.90 bits per heavy atom. The van der Waals surface area contributed by atoms with Gasteiger partial charge in [0, 0.05) is 11.9 Å². The molecule has 0 unspecified atom stereocenters. The minimum Gasteiger partial charge on any atom is -0.489 e. The number of halogens is 3. The lowest BCUT2D eigenvalue weighted by molar-refractivity contribution is -0.137. The van der Waals surface area contributed by atoms with Gasteiger partial charge in [0.05, 0.1) is 30.0 Å². The molecule has 2 N–H and O–H groups in total. The van der Waals surface area contributed by atoms with Gasteiger partial charge in [-0.15, -0.1) is 0 Å². The van der Waals surface area contributed by atoms with Crippen molar-refractivity contribution in [1.82, 2.24) is 4.98 Å². The van der Waals surface area contributed by atoms with Gasteiger partial charge in [0.15, 0.2) is 5.75 Å². The second kappa shape index (κ2) is 8.27. The first-order valence-corrected chi connectivity index (χ1v) is 9.44. The van der Waals surface area contributed by atoms with Gasteiger partial charge >= 0.3 is 6.18 Å². The van der Waals surface area contributed by atoms with Gasteiger partial charge in [-0.05, 0) is 48.0 Å². The molecule has 0 bridgehead atoms. The van der Waals surface area contributed by atoms with Crippen LogP contribution in [0.15, 0.2) is 60.8 Å². The predicted molar refractivity (Wildman–Crippen MR) is 109 cm³/mol. The fourth-order valence-electron chi connectivity index (χ4n) is 3.28. The number of para-hydroxylation sites is 1. The van der Waals surface area contributed by atoms with E-state index in [9.17, 15) is 23.1 Å². The molecule has 0 fully saturated rings. The summed E-state index contributed by atoms with van der Waals surface area (Å²) in [5.41, 5.74) is 1.04. The maximum Gasteiger partial charge on any atom is 0.416 e. The Labute approximate surface area is 175 Å². The number of amides is 1. The molecule has 1 aliphatic rings. The first-order valence-electron chi connectivity index (χ1n) is 9.44. The highest BCUT2D eigenvalue weighted by Crippen LogP contribution is 2.39. The number of aliphatic hydroxyl groups is 1. The Morgan fingerprint density at radius 1 is 1.13 bits per heavy atom. The summed E-state index contributed by atoms with van der Waals surface area (Å²) >= 11 is 0. The number of benzene rings is 2. The molecule has 31 heavy (non-hydrogen) atoms. The van der Waals surface area contributed by atoms with E-state index in [1.807, 2.05) is 4.90 Å². The normalized spacial score (nSPS) is 13.4. The van der Waals surface area contributed by atoms with Crippen molar-refractivity contribution in [2.24, 2.45) is 0 Å². The fourth-order valence-corrected chi connectivity index (χ4v) is 3.28. The van der Waals surface area contributed by atoms with Gasteiger partial charge in [0.2, 0.25) is 0 Å². The molecule has 0 aliphatic carbocycles. The molecule has 2 heterocycles. The highest BCUT2D eigenvalue weighted by Gasteiger charge is 2.30. The summed E-state index contributed by atoms with van der Waals surface area (Å²) in [6, 6.07) is 12.9. The van der Waals surface area contributed by atoms with Crippen molar-refractivity contribution in [2.75, 3.05) is 23.4 Å². The van der Waals surface area contributed by atoms with Crippen LogP contribution in [-0.2, 0) is 12.8 Å². The third-order valence-electron chi connectivity index (χ3n) is 4.83. The van der Waals surface area contributed by atoms with Crippen molar-refractivity contribution in [1.29, 1.82) is 0 Å². The maximum absolute atomic E-state index is 12.8. The summed E-state index contributed by atoms with van der Waals surface area (Å²) in [6.07, 6.45) is -2.87. The van der Waals surface area contributed by atoms with Crippen LogP contribution in [0.25, 0.3) is 0 Å². The van der Waals surface area contributed by atoms with Gasteiger partial charge in [-0.1, -0.05) is 12.1 Å². The summed E-state index contributed by atoms with van der Waals surface area (Å²) in [4.78, 5) is 19.1. The molecule has 0 saturated heterocycles. The van der Waals surface area contributed by atoms with Gasteiger partial charge in [0.25, 0.3) is 5.91 Å². The number of anilines is 3. The smallest absolute Gasteiger partial charge is 0.416 e. The van der Waals surface area contributed by atoms with Crippen LogP contribution >= 0.6 is 0 Å². The number of nitrogens with one attached hydrogen (secondary N) is 1. The minimum absolute atomic E-state index is 0.110. The highest BCUT2D eigenvalue weighted by molar-refractivity contribution is 6.07. The molecule has 4 rings (SSSR count). The van der Waals surface area contributed by atoms with Crippen molar-refractivity contribution in [3.8, 4) is 5.75 Å². The van der Waals surface area contributed by atoms with Crippen LogP contribution in [-0.4, -0.2) is 29.1 Å². The second-order valence-electron chi connectivity index (χ2n) is 6.87. The number of alkyl halides is 3. The van der Waals surface area contributed by atoms with E-state index in [-0.39, 0.29) is 17.9 Å². The van der Waals surface area contributed by atoms with Gasteiger partial charge in [0.1, 0.15) is 12.4 Å². The number of carbonyl (C=O) groups is 1. The number of rotatable bonds is 4. The van der Waals surface area contributed by atoms with E-state index in [1.165, 1.54) is 12.1 Å². The third kappa shape index (κ3) is 4.31.